The van der Waals surface area contributed by atoms with Crippen molar-refractivity contribution in [2.45, 2.75) is 39.2 Å². The van der Waals surface area contributed by atoms with Gasteiger partial charge in [-0.1, -0.05) is 30.7 Å². The maximum Gasteiger partial charge on any atom is 0.361 e. The predicted octanol–water partition coefficient (Wildman–Crippen LogP) is 2.12. The fourth-order valence-corrected chi connectivity index (χ4v) is 2.36. The van der Waals surface area contributed by atoms with E-state index in [9.17, 15) is 4.79 Å². The van der Waals surface area contributed by atoms with Crippen LogP contribution >= 0.6 is 0 Å². The van der Waals surface area contributed by atoms with E-state index in [0.29, 0.717) is 11.6 Å². The van der Waals surface area contributed by atoms with Crippen molar-refractivity contribution in [1.82, 2.24) is 15.0 Å². The maximum atomic E-state index is 11.7. The van der Waals surface area contributed by atoms with E-state index in [0.717, 1.165) is 12.2 Å². The third-order valence-electron chi connectivity index (χ3n) is 3.41. The van der Waals surface area contributed by atoms with E-state index in [4.69, 9.17) is 4.74 Å². The highest BCUT2D eigenvalue weighted by Crippen LogP contribution is 2.26. The van der Waals surface area contributed by atoms with Crippen LogP contribution < -0.4 is 0 Å². The molecule has 5 nitrogen and oxygen atoms in total. The zero-order valence-corrected chi connectivity index (χ0v) is 10.8. The normalized spacial score (nSPS) is 15.8. The van der Waals surface area contributed by atoms with E-state index in [1.54, 1.807) is 0 Å². The lowest BCUT2D eigenvalue weighted by Crippen LogP contribution is -2.12. The minimum absolute atomic E-state index is 0.202. The Hall–Kier alpha value is -1.65. The van der Waals surface area contributed by atoms with E-state index < -0.39 is 5.97 Å². The number of hydrogen-bond donors (Lipinski definition) is 0. The number of carbonyl (C=O) groups excluding carboxylic acids is 1. The summed E-state index contributed by atoms with van der Waals surface area (Å²) in [6.45, 7) is 6.42. The molecular formula is C13H19N3O2. The highest BCUT2D eigenvalue weighted by atomic mass is 16.5. The molecule has 2 rings (SSSR count). The number of hydrogen-bond acceptors (Lipinski definition) is 4. The summed E-state index contributed by atoms with van der Waals surface area (Å²) in [4.78, 5) is 11.7. The third-order valence-corrected chi connectivity index (χ3v) is 3.41. The van der Waals surface area contributed by atoms with Gasteiger partial charge >= 0.3 is 5.97 Å². The molecule has 0 atom stereocenters. The number of esters is 1. The van der Waals surface area contributed by atoms with Crippen molar-refractivity contribution in [3.8, 4) is 0 Å². The molecule has 0 saturated heterocycles. The second kappa shape index (κ2) is 5.80. The Bertz CT molecular complexity index is 433. The molecule has 0 bridgehead atoms. The van der Waals surface area contributed by atoms with E-state index in [-0.39, 0.29) is 6.61 Å². The highest BCUT2D eigenvalue weighted by Gasteiger charge is 2.21. The molecule has 0 N–H and O–H groups in total. The molecule has 0 unspecified atom stereocenters. The van der Waals surface area contributed by atoms with Crippen molar-refractivity contribution in [2.24, 2.45) is 5.92 Å². The van der Waals surface area contributed by atoms with Gasteiger partial charge in [0.05, 0.1) is 5.69 Å². The average molecular weight is 249 g/mol. The Kier molecular flexibility index (Phi) is 4.12. The summed E-state index contributed by atoms with van der Waals surface area (Å²) in [6.07, 6.45) is 6.63. The first-order chi connectivity index (χ1) is 8.72. The molecule has 0 radical (unpaired) electrons. The fraction of sp³-hybridized carbons (Fsp3) is 0.615. The van der Waals surface area contributed by atoms with Gasteiger partial charge in [-0.3, -0.25) is 0 Å². The molecule has 1 aromatic heterocycles. The molecule has 0 amide bonds. The van der Waals surface area contributed by atoms with Gasteiger partial charge in [0, 0.05) is 6.54 Å². The largest absolute Gasteiger partial charge is 0.457 e. The van der Waals surface area contributed by atoms with Crippen LogP contribution in [0.15, 0.2) is 12.7 Å². The van der Waals surface area contributed by atoms with Crippen LogP contribution in [0.4, 0.5) is 0 Å². The summed E-state index contributed by atoms with van der Waals surface area (Å²) in [5, 5.41) is 7.96. The molecule has 1 fully saturated rings. The molecule has 5 heteroatoms. The summed E-state index contributed by atoms with van der Waals surface area (Å²) >= 11 is 0. The van der Waals surface area contributed by atoms with Crippen molar-refractivity contribution in [3.63, 3.8) is 0 Å². The SMILES string of the molecule is C=CCOC(=O)c1nnn(CC2CCCC2)c1C. The maximum absolute atomic E-state index is 11.7. The van der Waals surface area contributed by atoms with Crippen molar-refractivity contribution in [3.05, 3.63) is 24.0 Å². The smallest absolute Gasteiger partial charge is 0.361 e. The molecule has 1 heterocycles. The van der Waals surface area contributed by atoms with E-state index >= 15 is 0 Å². The Labute approximate surface area is 107 Å². The lowest BCUT2D eigenvalue weighted by molar-refractivity contribution is 0.0542. The molecule has 0 spiro atoms. The summed E-state index contributed by atoms with van der Waals surface area (Å²) in [5.41, 5.74) is 1.10. The standard InChI is InChI=1S/C13H19N3O2/c1-3-8-18-13(17)12-10(2)16(15-14-12)9-11-6-4-5-7-11/h3,11H,1,4-9H2,2H3. The number of nitrogens with zero attached hydrogens (tertiary/aromatic N) is 3. The number of aromatic nitrogens is 3. The lowest BCUT2D eigenvalue weighted by atomic mass is 10.1. The average Bonchev–Trinajstić information content (AvgIpc) is 2.98. The minimum Gasteiger partial charge on any atom is -0.457 e. The first-order valence-corrected chi connectivity index (χ1v) is 6.40. The van der Waals surface area contributed by atoms with Gasteiger partial charge in [0.2, 0.25) is 0 Å². The van der Waals surface area contributed by atoms with Crippen LogP contribution in [-0.4, -0.2) is 27.6 Å². The second-order valence-corrected chi connectivity index (χ2v) is 4.74. The van der Waals surface area contributed by atoms with Gasteiger partial charge in [0.1, 0.15) is 6.61 Å². The number of ether oxygens (including phenoxy) is 1. The first-order valence-electron chi connectivity index (χ1n) is 6.40. The van der Waals surface area contributed by atoms with E-state index in [1.807, 2.05) is 11.6 Å². The van der Waals surface area contributed by atoms with Gasteiger partial charge in [-0.15, -0.1) is 5.10 Å². The van der Waals surface area contributed by atoms with Crippen molar-refractivity contribution < 1.29 is 9.53 Å². The van der Waals surface area contributed by atoms with Crippen molar-refractivity contribution in [1.29, 1.82) is 0 Å². The van der Waals surface area contributed by atoms with Gasteiger partial charge in [-0.05, 0) is 25.7 Å². The minimum atomic E-state index is -0.426. The summed E-state index contributed by atoms with van der Waals surface area (Å²) in [7, 11) is 0. The van der Waals surface area contributed by atoms with Gasteiger partial charge in [-0.2, -0.15) is 0 Å². The van der Waals surface area contributed by atoms with Crippen LogP contribution in [0.25, 0.3) is 0 Å². The topological polar surface area (TPSA) is 57.0 Å². The van der Waals surface area contributed by atoms with Gasteiger partial charge in [0.15, 0.2) is 5.69 Å². The number of rotatable bonds is 5. The Morgan fingerprint density at radius 1 is 1.56 bits per heavy atom. The van der Waals surface area contributed by atoms with Gasteiger partial charge < -0.3 is 4.74 Å². The zero-order valence-electron chi connectivity index (χ0n) is 10.8. The highest BCUT2D eigenvalue weighted by molar-refractivity contribution is 5.88. The molecule has 1 aliphatic rings. The molecule has 0 aromatic carbocycles. The van der Waals surface area contributed by atoms with E-state index in [2.05, 4.69) is 16.9 Å². The molecule has 0 aliphatic heterocycles. The molecular weight excluding hydrogens is 230 g/mol. The van der Waals surface area contributed by atoms with Crippen LogP contribution in [0.2, 0.25) is 0 Å². The quantitative estimate of drug-likeness (QED) is 0.592. The monoisotopic (exact) mass is 249 g/mol. The van der Waals surface area contributed by atoms with Crippen LogP contribution in [-0.2, 0) is 11.3 Å². The Morgan fingerprint density at radius 2 is 2.28 bits per heavy atom. The molecule has 1 aliphatic carbocycles. The first kappa shape index (κ1) is 12.8. The van der Waals surface area contributed by atoms with Crippen LogP contribution in [0, 0.1) is 12.8 Å². The van der Waals surface area contributed by atoms with Crippen molar-refractivity contribution in [2.75, 3.05) is 6.61 Å². The fourth-order valence-electron chi connectivity index (χ4n) is 2.36. The van der Waals surface area contributed by atoms with Crippen LogP contribution in [0.3, 0.4) is 0 Å². The third kappa shape index (κ3) is 2.78. The zero-order chi connectivity index (χ0) is 13.0. The van der Waals surface area contributed by atoms with E-state index in [1.165, 1.54) is 31.8 Å². The molecule has 18 heavy (non-hydrogen) atoms. The van der Waals surface area contributed by atoms with Gasteiger partial charge in [0.25, 0.3) is 0 Å². The summed E-state index contributed by atoms with van der Waals surface area (Å²) < 4.78 is 6.79. The van der Waals surface area contributed by atoms with Gasteiger partial charge in [-0.25, -0.2) is 9.48 Å². The summed E-state index contributed by atoms with van der Waals surface area (Å²) in [5.74, 6) is 0.243. The van der Waals surface area contributed by atoms with Crippen LogP contribution in [0.5, 0.6) is 0 Å². The predicted molar refractivity (Wildman–Crippen MR) is 67.2 cm³/mol. The van der Waals surface area contributed by atoms with Crippen LogP contribution in [0.1, 0.15) is 41.9 Å². The number of carbonyl (C=O) groups is 1. The van der Waals surface area contributed by atoms with Crippen molar-refractivity contribution >= 4 is 5.97 Å². The second-order valence-electron chi connectivity index (χ2n) is 4.74. The Morgan fingerprint density at radius 3 is 2.94 bits per heavy atom. The molecule has 1 saturated carbocycles. The lowest BCUT2D eigenvalue weighted by Gasteiger charge is -2.09. The summed E-state index contributed by atoms with van der Waals surface area (Å²) in [6, 6.07) is 0. The molecule has 98 valence electrons. The Balaban J connectivity index is 2.02. The molecule has 1 aromatic rings.